The van der Waals surface area contributed by atoms with Crippen LogP contribution in [0.25, 0.3) is 0 Å². The zero-order valence-corrected chi connectivity index (χ0v) is 15.8. The molecule has 2 aliphatic rings. The molecule has 26 heavy (non-hydrogen) atoms. The molecule has 1 saturated carbocycles. The van der Waals surface area contributed by atoms with Gasteiger partial charge in [0.05, 0.1) is 19.2 Å². The molecular weight excluding hydrogens is 332 g/mol. The Morgan fingerprint density at radius 3 is 2.46 bits per heavy atom. The maximum Gasteiger partial charge on any atom is 0.337 e. The average molecular weight is 358 g/mol. The SMILES string of the molecule is COC(=O)c1ccc(CN2C(=O)NC3(CC(C)CC(C)(C)C3)C2=O)cc1. The number of benzene rings is 1. The highest BCUT2D eigenvalue weighted by Gasteiger charge is 2.55. The van der Waals surface area contributed by atoms with Gasteiger partial charge in [0, 0.05) is 0 Å². The Balaban J connectivity index is 1.78. The molecule has 0 radical (unpaired) electrons. The van der Waals surface area contributed by atoms with E-state index in [9.17, 15) is 14.4 Å². The van der Waals surface area contributed by atoms with Gasteiger partial charge in [0.25, 0.3) is 5.91 Å². The van der Waals surface area contributed by atoms with E-state index in [-0.39, 0.29) is 23.9 Å². The van der Waals surface area contributed by atoms with Crippen molar-refractivity contribution < 1.29 is 19.1 Å². The fraction of sp³-hybridized carbons (Fsp3) is 0.550. The fourth-order valence-corrected chi connectivity index (χ4v) is 4.70. The number of nitrogens with one attached hydrogen (secondary N) is 1. The summed E-state index contributed by atoms with van der Waals surface area (Å²) in [6, 6.07) is 6.43. The monoisotopic (exact) mass is 358 g/mol. The number of nitrogens with zero attached hydrogens (tertiary/aromatic N) is 1. The lowest BCUT2D eigenvalue weighted by molar-refractivity contribution is -0.135. The van der Waals surface area contributed by atoms with Gasteiger partial charge in [-0.1, -0.05) is 32.9 Å². The molecule has 1 aliphatic heterocycles. The highest BCUT2D eigenvalue weighted by atomic mass is 16.5. The Morgan fingerprint density at radius 2 is 1.88 bits per heavy atom. The molecular formula is C20H26N2O4. The van der Waals surface area contributed by atoms with Gasteiger partial charge in [-0.25, -0.2) is 9.59 Å². The van der Waals surface area contributed by atoms with Gasteiger partial charge >= 0.3 is 12.0 Å². The molecule has 1 aliphatic carbocycles. The van der Waals surface area contributed by atoms with Crippen molar-refractivity contribution in [3.05, 3.63) is 35.4 Å². The fourth-order valence-electron chi connectivity index (χ4n) is 4.70. The average Bonchev–Trinajstić information content (AvgIpc) is 2.76. The van der Waals surface area contributed by atoms with Crippen LogP contribution < -0.4 is 5.32 Å². The summed E-state index contributed by atoms with van der Waals surface area (Å²) >= 11 is 0. The Hall–Kier alpha value is -2.37. The zero-order valence-electron chi connectivity index (χ0n) is 15.8. The van der Waals surface area contributed by atoms with Gasteiger partial charge in [0.2, 0.25) is 0 Å². The van der Waals surface area contributed by atoms with E-state index in [1.165, 1.54) is 12.0 Å². The van der Waals surface area contributed by atoms with Gasteiger partial charge in [0.1, 0.15) is 5.54 Å². The Morgan fingerprint density at radius 1 is 1.23 bits per heavy atom. The first-order chi connectivity index (χ1) is 12.2. The molecule has 3 amide bonds. The van der Waals surface area contributed by atoms with Crippen LogP contribution in [0.1, 0.15) is 56.0 Å². The summed E-state index contributed by atoms with van der Waals surface area (Å²) in [5, 5.41) is 2.98. The summed E-state index contributed by atoms with van der Waals surface area (Å²) in [5.41, 5.74) is 0.456. The second-order valence-corrected chi connectivity index (χ2v) is 8.45. The second kappa shape index (κ2) is 6.41. The van der Waals surface area contributed by atoms with E-state index >= 15 is 0 Å². The lowest BCUT2D eigenvalue weighted by Crippen LogP contribution is -2.54. The molecule has 0 aromatic heterocycles. The van der Waals surface area contributed by atoms with Crippen LogP contribution in [0.15, 0.2) is 24.3 Å². The maximum atomic E-state index is 13.1. The van der Waals surface area contributed by atoms with E-state index in [0.29, 0.717) is 24.3 Å². The summed E-state index contributed by atoms with van der Waals surface area (Å²) in [5.74, 6) is -0.176. The number of esters is 1. The Labute approximate surface area is 153 Å². The minimum absolute atomic E-state index is 0.0127. The molecule has 6 heteroatoms. The number of hydrogen-bond donors (Lipinski definition) is 1. The normalized spacial score (nSPS) is 27.5. The minimum atomic E-state index is -0.787. The highest BCUT2D eigenvalue weighted by molar-refractivity contribution is 6.07. The van der Waals surface area contributed by atoms with E-state index in [2.05, 4.69) is 30.8 Å². The minimum Gasteiger partial charge on any atom is -0.465 e. The number of carbonyl (C=O) groups is 3. The highest BCUT2D eigenvalue weighted by Crippen LogP contribution is 2.46. The van der Waals surface area contributed by atoms with Gasteiger partial charge in [0.15, 0.2) is 0 Å². The van der Waals surface area contributed by atoms with E-state index < -0.39 is 11.5 Å². The first kappa shape index (κ1) is 18.4. The van der Waals surface area contributed by atoms with Crippen LogP contribution in [0.2, 0.25) is 0 Å². The third kappa shape index (κ3) is 3.32. The standard InChI is InChI=1S/C20H26N2O4/c1-13-9-19(2,3)12-20(10-13)17(24)22(18(25)21-20)11-14-5-7-15(8-6-14)16(23)26-4/h5-8,13H,9-12H2,1-4H3,(H,21,25). The summed E-state index contributed by atoms with van der Waals surface area (Å²) < 4.78 is 4.68. The van der Waals surface area contributed by atoms with E-state index in [1.54, 1.807) is 24.3 Å². The summed E-state index contributed by atoms with van der Waals surface area (Å²) in [4.78, 5) is 38.5. The maximum absolute atomic E-state index is 13.1. The van der Waals surface area contributed by atoms with Crippen molar-refractivity contribution >= 4 is 17.9 Å². The van der Waals surface area contributed by atoms with Crippen molar-refractivity contribution in [3.63, 3.8) is 0 Å². The Bertz CT molecular complexity index is 741. The number of carbonyl (C=O) groups excluding carboxylic acids is 3. The molecule has 1 N–H and O–H groups in total. The lowest BCUT2D eigenvalue weighted by Gasteiger charge is -2.43. The molecule has 2 unspecified atom stereocenters. The largest absolute Gasteiger partial charge is 0.465 e. The smallest absolute Gasteiger partial charge is 0.337 e. The molecule has 1 saturated heterocycles. The first-order valence-electron chi connectivity index (χ1n) is 8.97. The van der Waals surface area contributed by atoms with Gasteiger partial charge in [-0.05, 0) is 48.3 Å². The molecule has 6 nitrogen and oxygen atoms in total. The van der Waals surface area contributed by atoms with Crippen LogP contribution in [0.4, 0.5) is 4.79 Å². The van der Waals surface area contributed by atoms with Crippen molar-refractivity contribution in [2.45, 2.75) is 52.1 Å². The van der Waals surface area contributed by atoms with Gasteiger partial charge < -0.3 is 10.1 Å². The number of hydrogen-bond acceptors (Lipinski definition) is 4. The van der Waals surface area contributed by atoms with Crippen LogP contribution in [0.5, 0.6) is 0 Å². The van der Waals surface area contributed by atoms with Gasteiger partial charge in [-0.3, -0.25) is 9.69 Å². The van der Waals surface area contributed by atoms with Crippen molar-refractivity contribution in [1.29, 1.82) is 0 Å². The number of methoxy groups -OCH3 is 1. The van der Waals surface area contributed by atoms with Crippen LogP contribution >= 0.6 is 0 Å². The number of amides is 3. The molecule has 3 rings (SSSR count). The van der Waals surface area contributed by atoms with E-state index in [4.69, 9.17) is 0 Å². The molecule has 2 atom stereocenters. The first-order valence-corrected chi connectivity index (χ1v) is 8.97. The quantitative estimate of drug-likeness (QED) is 0.665. The van der Waals surface area contributed by atoms with Gasteiger partial charge in [-0.15, -0.1) is 0 Å². The summed E-state index contributed by atoms with van der Waals surface area (Å²) in [7, 11) is 1.33. The van der Waals surface area contributed by atoms with E-state index in [1.807, 2.05) is 0 Å². The van der Waals surface area contributed by atoms with Crippen molar-refractivity contribution in [1.82, 2.24) is 10.2 Å². The van der Waals surface area contributed by atoms with Gasteiger partial charge in [-0.2, -0.15) is 0 Å². The van der Waals surface area contributed by atoms with Crippen LogP contribution in [-0.4, -0.2) is 35.5 Å². The molecule has 0 bridgehead atoms. The predicted octanol–water partition coefficient (Wildman–Crippen LogP) is 3.11. The molecule has 1 aromatic rings. The molecule has 1 aromatic carbocycles. The molecule has 140 valence electrons. The number of urea groups is 1. The topological polar surface area (TPSA) is 75.7 Å². The zero-order chi connectivity index (χ0) is 19.1. The van der Waals surface area contributed by atoms with Crippen molar-refractivity contribution in [3.8, 4) is 0 Å². The van der Waals surface area contributed by atoms with Crippen LogP contribution in [0, 0.1) is 11.3 Å². The second-order valence-electron chi connectivity index (χ2n) is 8.45. The third-order valence-electron chi connectivity index (χ3n) is 5.34. The lowest BCUT2D eigenvalue weighted by atomic mass is 9.64. The predicted molar refractivity (Wildman–Crippen MR) is 96.4 cm³/mol. The van der Waals surface area contributed by atoms with Crippen molar-refractivity contribution in [2.75, 3.05) is 7.11 Å². The van der Waals surface area contributed by atoms with Crippen LogP contribution in [-0.2, 0) is 16.1 Å². The molecule has 2 fully saturated rings. The summed E-state index contributed by atoms with van der Waals surface area (Å²) in [6.07, 6.45) is 2.39. The number of rotatable bonds is 3. The number of imide groups is 1. The van der Waals surface area contributed by atoms with E-state index in [0.717, 1.165) is 12.0 Å². The Kier molecular flexibility index (Phi) is 4.54. The van der Waals surface area contributed by atoms with Crippen molar-refractivity contribution in [2.24, 2.45) is 11.3 Å². The van der Waals surface area contributed by atoms with Crippen LogP contribution in [0.3, 0.4) is 0 Å². The molecule has 1 heterocycles. The number of ether oxygens (including phenoxy) is 1. The third-order valence-corrected chi connectivity index (χ3v) is 5.34. The molecule has 1 spiro atoms. The summed E-state index contributed by atoms with van der Waals surface area (Å²) in [6.45, 7) is 6.63.